The molecule has 1 heterocycles. The van der Waals surface area contributed by atoms with Crippen molar-refractivity contribution in [3.63, 3.8) is 0 Å². The van der Waals surface area contributed by atoms with Crippen LogP contribution in [0.4, 0.5) is 4.79 Å². The summed E-state index contributed by atoms with van der Waals surface area (Å²) in [6, 6.07) is -0.454. The number of urea groups is 1. The molecule has 112 valence electrons. The van der Waals surface area contributed by atoms with Crippen molar-refractivity contribution in [2.45, 2.75) is 40.0 Å². The summed E-state index contributed by atoms with van der Waals surface area (Å²) < 4.78 is 0. The van der Waals surface area contributed by atoms with Crippen LogP contribution in [-0.2, 0) is 9.59 Å². The van der Waals surface area contributed by atoms with Gasteiger partial charge < -0.3 is 10.0 Å². The maximum absolute atomic E-state index is 11.8. The van der Waals surface area contributed by atoms with E-state index in [0.717, 1.165) is 6.42 Å². The van der Waals surface area contributed by atoms with Gasteiger partial charge >= 0.3 is 12.0 Å². The Balaban J connectivity index is 2.45. The fraction of sp³-hybridized carbons (Fsp3) is 0.643. The van der Waals surface area contributed by atoms with Crippen LogP contribution in [0.5, 0.6) is 0 Å². The van der Waals surface area contributed by atoms with Gasteiger partial charge in [0.2, 0.25) is 5.91 Å². The van der Waals surface area contributed by atoms with Gasteiger partial charge in [-0.25, -0.2) is 4.79 Å². The molecule has 0 spiro atoms. The van der Waals surface area contributed by atoms with Gasteiger partial charge in [-0.3, -0.25) is 14.9 Å². The number of amides is 3. The SMILES string of the molecule is CC(C)(C)C1=CCN(C(=O)NC(=O)CCC(=O)O)CC1. The zero-order chi connectivity index (χ0) is 15.3. The largest absolute Gasteiger partial charge is 0.481 e. The Kier molecular flexibility index (Phi) is 5.30. The average molecular weight is 282 g/mol. The highest BCUT2D eigenvalue weighted by molar-refractivity contribution is 5.95. The lowest BCUT2D eigenvalue weighted by atomic mass is 9.83. The third kappa shape index (κ3) is 5.03. The molecule has 6 nitrogen and oxygen atoms in total. The van der Waals surface area contributed by atoms with Gasteiger partial charge in [-0.05, 0) is 11.8 Å². The Bertz CT molecular complexity index is 435. The van der Waals surface area contributed by atoms with E-state index in [0.29, 0.717) is 13.1 Å². The summed E-state index contributed by atoms with van der Waals surface area (Å²) in [4.78, 5) is 35.1. The first-order valence-corrected chi connectivity index (χ1v) is 6.70. The lowest BCUT2D eigenvalue weighted by Crippen LogP contribution is -2.45. The third-order valence-electron chi connectivity index (χ3n) is 3.27. The summed E-state index contributed by atoms with van der Waals surface area (Å²) in [6.45, 7) is 7.43. The van der Waals surface area contributed by atoms with Crippen LogP contribution in [-0.4, -0.2) is 41.0 Å². The van der Waals surface area contributed by atoms with Crippen LogP contribution in [0.3, 0.4) is 0 Å². The molecule has 0 aromatic heterocycles. The molecule has 6 heteroatoms. The van der Waals surface area contributed by atoms with Gasteiger partial charge in [0.15, 0.2) is 0 Å². The predicted octanol–water partition coefficient (Wildman–Crippen LogP) is 1.77. The molecule has 0 aromatic rings. The van der Waals surface area contributed by atoms with Gasteiger partial charge in [-0.15, -0.1) is 0 Å². The first-order chi connectivity index (χ1) is 9.20. The molecule has 0 saturated heterocycles. The first-order valence-electron chi connectivity index (χ1n) is 6.70. The number of nitrogens with zero attached hydrogens (tertiary/aromatic N) is 1. The van der Waals surface area contributed by atoms with Crippen molar-refractivity contribution in [3.8, 4) is 0 Å². The van der Waals surface area contributed by atoms with E-state index in [1.165, 1.54) is 5.57 Å². The van der Waals surface area contributed by atoms with E-state index in [2.05, 4.69) is 26.1 Å². The monoisotopic (exact) mass is 282 g/mol. The van der Waals surface area contributed by atoms with Crippen molar-refractivity contribution in [2.24, 2.45) is 5.41 Å². The second kappa shape index (κ2) is 6.54. The second-order valence-corrected chi connectivity index (χ2v) is 5.92. The molecule has 0 aromatic carbocycles. The number of carbonyl (C=O) groups is 3. The Morgan fingerprint density at radius 2 is 1.95 bits per heavy atom. The minimum absolute atomic E-state index is 0.0971. The van der Waals surface area contributed by atoms with E-state index in [9.17, 15) is 14.4 Å². The van der Waals surface area contributed by atoms with E-state index < -0.39 is 17.9 Å². The van der Waals surface area contributed by atoms with E-state index in [1.807, 2.05) is 6.08 Å². The molecule has 20 heavy (non-hydrogen) atoms. The molecule has 1 aliphatic rings. The second-order valence-electron chi connectivity index (χ2n) is 5.92. The summed E-state index contributed by atoms with van der Waals surface area (Å²) in [5.74, 6) is -1.61. The highest BCUT2D eigenvalue weighted by Crippen LogP contribution is 2.29. The van der Waals surface area contributed by atoms with Gasteiger partial charge in [-0.2, -0.15) is 0 Å². The Morgan fingerprint density at radius 1 is 1.30 bits per heavy atom. The Hall–Kier alpha value is -1.85. The Morgan fingerprint density at radius 3 is 2.40 bits per heavy atom. The number of hydrogen-bond acceptors (Lipinski definition) is 3. The first kappa shape index (κ1) is 16.2. The fourth-order valence-electron chi connectivity index (χ4n) is 2.02. The van der Waals surface area contributed by atoms with Crippen LogP contribution in [0.2, 0.25) is 0 Å². The van der Waals surface area contributed by atoms with Gasteiger partial charge in [0.05, 0.1) is 6.42 Å². The van der Waals surface area contributed by atoms with E-state index in [4.69, 9.17) is 5.11 Å². The number of imide groups is 1. The van der Waals surface area contributed by atoms with E-state index in [1.54, 1.807) is 4.90 Å². The molecule has 3 amide bonds. The number of rotatable bonds is 3. The number of nitrogens with one attached hydrogen (secondary N) is 1. The molecule has 1 rings (SSSR count). The molecule has 0 aliphatic carbocycles. The van der Waals surface area contributed by atoms with E-state index >= 15 is 0 Å². The summed E-state index contributed by atoms with van der Waals surface area (Å²) in [7, 11) is 0. The lowest BCUT2D eigenvalue weighted by molar-refractivity contribution is -0.138. The van der Waals surface area contributed by atoms with Crippen LogP contribution in [0.1, 0.15) is 40.0 Å². The summed E-state index contributed by atoms with van der Waals surface area (Å²) in [6.07, 6.45) is 2.36. The van der Waals surface area contributed by atoms with E-state index in [-0.39, 0.29) is 18.3 Å². The number of carboxylic acids is 1. The van der Waals surface area contributed by atoms with Crippen molar-refractivity contribution in [2.75, 3.05) is 13.1 Å². The van der Waals surface area contributed by atoms with Crippen LogP contribution in [0.15, 0.2) is 11.6 Å². The van der Waals surface area contributed by atoms with Crippen molar-refractivity contribution in [1.82, 2.24) is 10.2 Å². The Labute approximate surface area is 118 Å². The van der Waals surface area contributed by atoms with Crippen LogP contribution in [0, 0.1) is 5.41 Å². The normalized spacial score (nSPS) is 15.6. The van der Waals surface area contributed by atoms with Crippen LogP contribution in [0.25, 0.3) is 0 Å². The van der Waals surface area contributed by atoms with Crippen molar-refractivity contribution < 1.29 is 19.5 Å². The molecule has 1 aliphatic heterocycles. The van der Waals surface area contributed by atoms with Gasteiger partial charge in [0.25, 0.3) is 0 Å². The maximum atomic E-state index is 11.8. The van der Waals surface area contributed by atoms with Gasteiger partial charge in [0.1, 0.15) is 0 Å². The van der Waals surface area contributed by atoms with Crippen molar-refractivity contribution >= 4 is 17.9 Å². The van der Waals surface area contributed by atoms with Crippen LogP contribution < -0.4 is 5.32 Å². The number of carboxylic acid groups (broad SMARTS) is 1. The topological polar surface area (TPSA) is 86.7 Å². The summed E-state index contributed by atoms with van der Waals surface area (Å²) >= 11 is 0. The molecule has 2 N–H and O–H groups in total. The minimum Gasteiger partial charge on any atom is -0.481 e. The number of aliphatic carboxylic acids is 1. The standard InChI is InChI=1S/C14H22N2O4/c1-14(2,3)10-6-8-16(9-7-10)13(20)15-11(17)4-5-12(18)19/h6H,4-5,7-9H2,1-3H3,(H,18,19)(H,15,17,20). The third-order valence-corrected chi connectivity index (χ3v) is 3.27. The number of hydrogen-bond donors (Lipinski definition) is 2. The molecule has 0 atom stereocenters. The molecule has 0 bridgehead atoms. The number of carbonyl (C=O) groups excluding carboxylic acids is 2. The van der Waals surface area contributed by atoms with Crippen molar-refractivity contribution in [3.05, 3.63) is 11.6 Å². The average Bonchev–Trinajstić information content (AvgIpc) is 2.35. The summed E-state index contributed by atoms with van der Waals surface area (Å²) in [5.41, 5.74) is 1.40. The molecular weight excluding hydrogens is 260 g/mol. The lowest BCUT2D eigenvalue weighted by Gasteiger charge is -2.32. The van der Waals surface area contributed by atoms with Crippen molar-refractivity contribution in [1.29, 1.82) is 0 Å². The molecular formula is C14H22N2O4. The quantitative estimate of drug-likeness (QED) is 0.772. The highest BCUT2D eigenvalue weighted by Gasteiger charge is 2.24. The van der Waals surface area contributed by atoms with Crippen LogP contribution >= 0.6 is 0 Å². The smallest absolute Gasteiger partial charge is 0.324 e. The zero-order valence-electron chi connectivity index (χ0n) is 12.2. The summed E-state index contributed by atoms with van der Waals surface area (Å²) in [5, 5.41) is 10.7. The molecule has 0 radical (unpaired) electrons. The maximum Gasteiger partial charge on any atom is 0.324 e. The fourth-order valence-corrected chi connectivity index (χ4v) is 2.02. The molecule has 0 saturated carbocycles. The zero-order valence-corrected chi connectivity index (χ0v) is 12.2. The minimum atomic E-state index is -1.05. The highest BCUT2D eigenvalue weighted by atomic mass is 16.4. The molecule has 0 unspecified atom stereocenters. The van der Waals surface area contributed by atoms with Gasteiger partial charge in [0, 0.05) is 19.5 Å². The van der Waals surface area contributed by atoms with Gasteiger partial charge in [-0.1, -0.05) is 32.4 Å². The predicted molar refractivity (Wildman–Crippen MR) is 74.1 cm³/mol. The molecule has 0 fully saturated rings.